The molecule has 4 rings (SSSR count). The molecule has 10 heteroatoms. The summed E-state index contributed by atoms with van der Waals surface area (Å²) in [5.41, 5.74) is 1.000. The second-order valence-electron chi connectivity index (χ2n) is 6.87. The molecule has 3 saturated heterocycles. The van der Waals surface area contributed by atoms with Crippen LogP contribution < -0.4 is 9.80 Å². The van der Waals surface area contributed by atoms with Gasteiger partial charge in [0.05, 0.1) is 25.1 Å². The predicted molar refractivity (Wildman–Crippen MR) is 98.6 cm³/mol. The first-order chi connectivity index (χ1) is 12.6. The number of anilines is 2. The van der Waals surface area contributed by atoms with E-state index >= 15 is 0 Å². The molecule has 0 saturated carbocycles. The molecule has 26 heavy (non-hydrogen) atoms. The van der Waals surface area contributed by atoms with Gasteiger partial charge in [-0.05, 0) is 12.8 Å². The molecule has 3 aliphatic rings. The molecule has 0 spiro atoms. The molecule has 0 radical (unpaired) electrons. The summed E-state index contributed by atoms with van der Waals surface area (Å²) in [6.45, 7) is 6.71. The molecule has 0 unspecified atom stereocenters. The minimum Gasteiger partial charge on any atom is -0.378 e. The van der Waals surface area contributed by atoms with Gasteiger partial charge in [0.1, 0.15) is 0 Å². The highest BCUT2D eigenvalue weighted by molar-refractivity contribution is 7.86. The molecule has 4 heterocycles. The first kappa shape index (κ1) is 17.9. The van der Waals surface area contributed by atoms with Gasteiger partial charge in [-0.3, -0.25) is 0 Å². The molecule has 144 valence electrons. The van der Waals surface area contributed by atoms with Gasteiger partial charge in [-0.1, -0.05) is 0 Å². The third-order valence-electron chi connectivity index (χ3n) is 5.28. The molecule has 0 amide bonds. The molecule has 0 aromatic carbocycles. The van der Waals surface area contributed by atoms with Gasteiger partial charge < -0.3 is 14.5 Å². The van der Waals surface area contributed by atoms with Crippen molar-refractivity contribution in [2.24, 2.45) is 0 Å². The lowest BCUT2D eigenvalue weighted by Gasteiger charge is -2.37. The lowest BCUT2D eigenvalue weighted by molar-refractivity contribution is 0.122. The van der Waals surface area contributed by atoms with Crippen molar-refractivity contribution in [1.82, 2.24) is 18.8 Å². The number of rotatable bonds is 4. The Balaban J connectivity index is 1.40. The molecular weight excluding hydrogens is 356 g/mol. The van der Waals surface area contributed by atoms with E-state index in [1.807, 2.05) is 6.07 Å². The Morgan fingerprint density at radius 3 is 2.19 bits per heavy atom. The topological polar surface area (TPSA) is 82.1 Å². The first-order valence-corrected chi connectivity index (χ1v) is 10.7. The minimum atomic E-state index is -3.30. The number of piperazine rings is 1. The van der Waals surface area contributed by atoms with Crippen molar-refractivity contribution in [3.05, 3.63) is 12.3 Å². The van der Waals surface area contributed by atoms with Crippen molar-refractivity contribution in [1.29, 1.82) is 0 Å². The maximum atomic E-state index is 12.7. The zero-order valence-electron chi connectivity index (χ0n) is 15.0. The number of ether oxygens (including phenoxy) is 1. The fraction of sp³-hybridized carbons (Fsp3) is 0.750. The summed E-state index contributed by atoms with van der Waals surface area (Å²) in [6, 6.07) is 2.04. The van der Waals surface area contributed by atoms with Crippen LogP contribution in [-0.2, 0) is 14.9 Å². The SMILES string of the molecule is O=S(=O)(N1CCCC1)N1CCN(c2cnnc(N3CCOCC3)c2)CC1. The number of hydrogen-bond acceptors (Lipinski definition) is 7. The normalized spacial score (nSPS) is 23.5. The Hall–Kier alpha value is -1.49. The standard InChI is InChI=1S/C16H26N6O3S/c23-26(24,21-3-1-2-4-21)22-7-5-19(6-8-22)15-13-16(18-17-14-15)20-9-11-25-12-10-20/h13-14H,1-12H2. The molecular formula is C16H26N6O3S. The summed E-state index contributed by atoms with van der Waals surface area (Å²) in [4.78, 5) is 4.36. The molecule has 0 N–H and O–H groups in total. The molecule has 3 fully saturated rings. The zero-order valence-corrected chi connectivity index (χ0v) is 15.8. The summed E-state index contributed by atoms with van der Waals surface area (Å²) in [5, 5.41) is 8.40. The van der Waals surface area contributed by atoms with E-state index in [0.29, 0.717) is 52.5 Å². The monoisotopic (exact) mass is 382 g/mol. The van der Waals surface area contributed by atoms with E-state index in [0.717, 1.165) is 37.4 Å². The molecule has 3 aliphatic heterocycles. The number of morpholine rings is 1. The van der Waals surface area contributed by atoms with Gasteiger partial charge in [-0.15, -0.1) is 5.10 Å². The van der Waals surface area contributed by atoms with Crippen molar-refractivity contribution in [3.63, 3.8) is 0 Å². The van der Waals surface area contributed by atoms with Crippen molar-refractivity contribution < 1.29 is 13.2 Å². The van der Waals surface area contributed by atoms with E-state index in [1.165, 1.54) is 0 Å². The van der Waals surface area contributed by atoms with Crippen molar-refractivity contribution in [2.45, 2.75) is 12.8 Å². The number of aromatic nitrogens is 2. The van der Waals surface area contributed by atoms with Crippen LogP contribution in [-0.4, -0.2) is 92.8 Å². The summed E-state index contributed by atoms with van der Waals surface area (Å²) in [7, 11) is -3.30. The lowest BCUT2D eigenvalue weighted by Crippen LogP contribution is -2.52. The van der Waals surface area contributed by atoms with E-state index in [2.05, 4.69) is 20.0 Å². The Morgan fingerprint density at radius 2 is 1.50 bits per heavy atom. The van der Waals surface area contributed by atoms with Crippen LogP contribution in [0.4, 0.5) is 11.5 Å². The quantitative estimate of drug-likeness (QED) is 0.712. The fourth-order valence-electron chi connectivity index (χ4n) is 3.72. The second-order valence-corrected chi connectivity index (χ2v) is 8.80. The first-order valence-electron chi connectivity index (χ1n) is 9.30. The second kappa shape index (κ2) is 7.63. The summed E-state index contributed by atoms with van der Waals surface area (Å²) in [5.74, 6) is 0.859. The smallest absolute Gasteiger partial charge is 0.282 e. The molecule has 0 aliphatic carbocycles. The number of nitrogens with zero attached hydrogens (tertiary/aromatic N) is 6. The molecule has 1 aromatic rings. The minimum absolute atomic E-state index is 0.508. The van der Waals surface area contributed by atoms with Gasteiger partial charge in [0, 0.05) is 58.4 Å². The number of hydrogen-bond donors (Lipinski definition) is 0. The molecule has 0 atom stereocenters. The fourth-order valence-corrected chi connectivity index (χ4v) is 5.40. The molecule has 0 bridgehead atoms. The van der Waals surface area contributed by atoms with Gasteiger partial charge in [-0.2, -0.15) is 22.1 Å². The van der Waals surface area contributed by atoms with E-state index in [1.54, 1.807) is 14.8 Å². The van der Waals surface area contributed by atoms with Crippen LogP contribution in [0.1, 0.15) is 12.8 Å². The lowest BCUT2D eigenvalue weighted by atomic mass is 10.3. The van der Waals surface area contributed by atoms with Crippen LogP contribution >= 0.6 is 0 Å². The zero-order chi connectivity index (χ0) is 18.0. The summed E-state index contributed by atoms with van der Waals surface area (Å²) in [6.07, 6.45) is 3.69. The predicted octanol–water partition coefficient (Wildman–Crippen LogP) is -0.224. The van der Waals surface area contributed by atoms with Gasteiger partial charge in [0.2, 0.25) is 0 Å². The maximum absolute atomic E-state index is 12.7. The molecule has 9 nitrogen and oxygen atoms in total. The van der Waals surface area contributed by atoms with Crippen LogP contribution in [0.5, 0.6) is 0 Å². The Morgan fingerprint density at radius 1 is 0.846 bits per heavy atom. The third kappa shape index (κ3) is 3.64. The van der Waals surface area contributed by atoms with Crippen molar-refractivity contribution in [2.75, 3.05) is 75.4 Å². The van der Waals surface area contributed by atoms with Crippen LogP contribution in [0.15, 0.2) is 12.3 Å². The highest BCUT2D eigenvalue weighted by atomic mass is 32.2. The van der Waals surface area contributed by atoms with Gasteiger partial charge >= 0.3 is 0 Å². The average molecular weight is 382 g/mol. The van der Waals surface area contributed by atoms with Gasteiger partial charge in [0.25, 0.3) is 10.2 Å². The van der Waals surface area contributed by atoms with Crippen LogP contribution in [0.3, 0.4) is 0 Å². The highest BCUT2D eigenvalue weighted by Gasteiger charge is 2.33. The van der Waals surface area contributed by atoms with Gasteiger partial charge in [-0.25, -0.2) is 0 Å². The van der Waals surface area contributed by atoms with E-state index in [-0.39, 0.29) is 0 Å². The van der Waals surface area contributed by atoms with E-state index in [4.69, 9.17) is 4.74 Å². The summed E-state index contributed by atoms with van der Waals surface area (Å²) >= 11 is 0. The molecule has 1 aromatic heterocycles. The largest absolute Gasteiger partial charge is 0.378 e. The van der Waals surface area contributed by atoms with Gasteiger partial charge in [0.15, 0.2) is 5.82 Å². The Labute approximate surface area is 154 Å². The van der Waals surface area contributed by atoms with E-state index < -0.39 is 10.2 Å². The Kier molecular flexibility index (Phi) is 5.25. The van der Waals surface area contributed by atoms with Crippen molar-refractivity contribution in [3.8, 4) is 0 Å². The van der Waals surface area contributed by atoms with Crippen LogP contribution in [0, 0.1) is 0 Å². The van der Waals surface area contributed by atoms with Crippen molar-refractivity contribution >= 4 is 21.7 Å². The average Bonchev–Trinajstić information content (AvgIpc) is 3.25. The maximum Gasteiger partial charge on any atom is 0.282 e. The highest BCUT2D eigenvalue weighted by Crippen LogP contribution is 2.23. The van der Waals surface area contributed by atoms with Crippen LogP contribution in [0.2, 0.25) is 0 Å². The van der Waals surface area contributed by atoms with Crippen LogP contribution in [0.25, 0.3) is 0 Å². The summed E-state index contributed by atoms with van der Waals surface area (Å²) < 4.78 is 34.0. The third-order valence-corrected chi connectivity index (χ3v) is 7.32. The Bertz CT molecular complexity index is 710. The van der Waals surface area contributed by atoms with E-state index in [9.17, 15) is 8.42 Å².